The van der Waals surface area contributed by atoms with Crippen LogP contribution >= 0.6 is 0 Å². The van der Waals surface area contributed by atoms with E-state index in [0.29, 0.717) is 18.6 Å². The summed E-state index contributed by atoms with van der Waals surface area (Å²) in [6.45, 7) is 5.17. The molecular weight excluding hydrogens is 538 g/mol. The SMILES string of the molecule is CCN1C2[C@@H]3[C@@H]4O[C@@H]1[C@]1(COC)CC[C@H](OC)[C@@]2([C@@H]2C[C@H]5[C@H](OC(=O)c6ccccc6)[C@@H]2[C@]3(OC(C)=O)C[C@@H]5OC)[C@H]41. The zero-order valence-corrected chi connectivity index (χ0v) is 25.2. The zero-order chi connectivity index (χ0) is 29.2. The molecule has 8 fully saturated rings. The van der Waals surface area contributed by atoms with Crippen molar-refractivity contribution in [3.05, 3.63) is 35.9 Å². The normalized spacial score (nSPS) is 50.6. The second kappa shape index (κ2) is 9.24. The predicted octanol–water partition coefficient (Wildman–Crippen LogP) is 3.30. The van der Waals surface area contributed by atoms with Crippen LogP contribution in [0.1, 0.15) is 49.9 Å². The van der Waals surface area contributed by atoms with Gasteiger partial charge in [0.05, 0.1) is 30.5 Å². The van der Waals surface area contributed by atoms with Gasteiger partial charge in [0.1, 0.15) is 17.9 Å². The fourth-order valence-electron chi connectivity index (χ4n) is 12.5. The first-order valence-electron chi connectivity index (χ1n) is 15.7. The lowest BCUT2D eigenvalue weighted by Gasteiger charge is -2.70. The number of benzene rings is 1. The molecule has 14 atom stereocenters. The molecule has 1 aromatic carbocycles. The molecule has 0 N–H and O–H groups in total. The van der Waals surface area contributed by atoms with Gasteiger partial charge < -0.3 is 28.4 Å². The van der Waals surface area contributed by atoms with Crippen LogP contribution in [0.2, 0.25) is 0 Å². The van der Waals surface area contributed by atoms with Gasteiger partial charge in [-0.05, 0) is 43.9 Å². The molecule has 9 heteroatoms. The highest BCUT2D eigenvalue weighted by Gasteiger charge is 2.91. The van der Waals surface area contributed by atoms with Crippen molar-refractivity contribution < 1.29 is 38.0 Å². The van der Waals surface area contributed by atoms with Gasteiger partial charge in [0, 0.05) is 75.2 Å². The van der Waals surface area contributed by atoms with Crippen LogP contribution in [0, 0.1) is 40.4 Å². The Hall–Kier alpha value is -2.04. The molecule has 3 saturated heterocycles. The topological polar surface area (TPSA) is 92.8 Å². The van der Waals surface area contributed by atoms with Gasteiger partial charge in [-0.1, -0.05) is 25.1 Å². The van der Waals surface area contributed by atoms with Gasteiger partial charge >= 0.3 is 11.9 Å². The number of ether oxygens (including phenoxy) is 6. The van der Waals surface area contributed by atoms with Gasteiger partial charge in [0.25, 0.3) is 0 Å². The van der Waals surface area contributed by atoms with Crippen LogP contribution in [-0.4, -0.2) is 93.6 Å². The molecule has 3 aliphatic heterocycles. The molecule has 9 nitrogen and oxygen atoms in total. The average molecular weight is 582 g/mol. The summed E-state index contributed by atoms with van der Waals surface area (Å²) in [5.74, 6) is -0.606. The molecule has 0 aromatic heterocycles. The molecule has 42 heavy (non-hydrogen) atoms. The highest BCUT2D eigenvalue weighted by atomic mass is 16.6. The van der Waals surface area contributed by atoms with Crippen LogP contribution in [0.4, 0.5) is 0 Å². The Bertz CT molecular complexity index is 1280. The van der Waals surface area contributed by atoms with E-state index in [2.05, 4.69) is 11.8 Å². The third-order valence-electron chi connectivity index (χ3n) is 13.0. The van der Waals surface area contributed by atoms with E-state index in [1.54, 1.807) is 26.4 Å². The van der Waals surface area contributed by atoms with Crippen molar-refractivity contribution in [3.63, 3.8) is 0 Å². The second-order valence-electron chi connectivity index (χ2n) is 14.0. The Kier molecular flexibility index (Phi) is 6.05. The Balaban J connectivity index is 1.34. The predicted molar refractivity (Wildman–Crippen MR) is 149 cm³/mol. The second-order valence-corrected chi connectivity index (χ2v) is 14.0. The lowest BCUT2D eigenvalue weighted by Crippen LogP contribution is -2.79. The van der Waals surface area contributed by atoms with Crippen LogP contribution in [0.3, 0.4) is 0 Å². The van der Waals surface area contributed by atoms with Crippen molar-refractivity contribution in [3.8, 4) is 0 Å². The molecular formula is C33H43NO8. The number of carbonyl (C=O) groups excluding carboxylic acids is 2. The lowest BCUT2D eigenvalue weighted by atomic mass is 9.43. The van der Waals surface area contributed by atoms with Crippen molar-refractivity contribution >= 4 is 11.9 Å². The van der Waals surface area contributed by atoms with Gasteiger partial charge in [-0.15, -0.1) is 0 Å². The van der Waals surface area contributed by atoms with E-state index in [1.165, 1.54) is 6.92 Å². The van der Waals surface area contributed by atoms with Gasteiger partial charge in [-0.25, -0.2) is 4.79 Å². The number of piperidine rings is 1. The van der Waals surface area contributed by atoms with Gasteiger partial charge in [0.2, 0.25) is 0 Å². The summed E-state index contributed by atoms with van der Waals surface area (Å²) in [7, 11) is 5.39. The van der Waals surface area contributed by atoms with E-state index in [0.717, 1.165) is 25.8 Å². The summed E-state index contributed by atoms with van der Waals surface area (Å²) < 4.78 is 39.1. The number of hydrogen-bond donors (Lipinski definition) is 0. The molecule has 5 aliphatic carbocycles. The summed E-state index contributed by atoms with van der Waals surface area (Å²) in [6.07, 6.45) is 2.55. The van der Waals surface area contributed by atoms with Crippen molar-refractivity contribution in [2.75, 3.05) is 34.5 Å². The summed E-state index contributed by atoms with van der Waals surface area (Å²) >= 11 is 0. The standard InChI is InChI=1S/C33H43NO8/c1-6-34-28-24-26-27-31(16-37-3,30(34)41-26)13-12-22(39-5)33(27,28)20-14-19-21(38-4)15-32(24,42-17(2)35)23(20)25(19)40-29(36)18-10-8-7-9-11-18/h7-11,19-28,30H,6,12-16H2,1-5H3/t19-,20-,21+,22+,23-,24+,25+,26+,27-,28?,30-,31+,32-,33+/m1/s1. The highest BCUT2D eigenvalue weighted by Crippen LogP contribution is 2.83. The number of nitrogens with zero attached hydrogens (tertiary/aromatic N) is 1. The highest BCUT2D eigenvalue weighted by molar-refractivity contribution is 5.89. The average Bonchev–Trinajstić information content (AvgIpc) is 3.52. The summed E-state index contributed by atoms with van der Waals surface area (Å²) in [5.41, 5.74) is -0.771. The lowest BCUT2D eigenvalue weighted by molar-refractivity contribution is -0.322. The molecule has 5 saturated carbocycles. The minimum atomic E-state index is -0.885. The Morgan fingerprint density at radius 3 is 2.55 bits per heavy atom. The Morgan fingerprint density at radius 2 is 1.88 bits per heavy atom. The van der Waals surface area contributed by atoms with Crippen LogP contribution in [0.5, 0.6) is 0 Å². The Labute approximate surface area is 247 Å². The minimum Gasteiger partial charge on any atom is -0.458 e. The van der Waals surface area contributed by atoms with Gasteiger partial charge in [0.15, 0.2) is 0 Å². The summed E-state index contributed by atoms with van der Waals surface area (Å²) in [6, 6.07) is 9.31. The molecule has 9 bridgehead atoms. The minimum absolute atomic E-state index is 0.00181. The quantitative estimate of drug-likeness (QED) is 0.429. The van der Waals surface area contributed by atoms with Crippen molar-refractivity contribution in [2.45, 2.75) is 81.8 Å². The van der Waals surface area contributed by atoms with Crippen LogP contribution in [0.15, 0.2) is 30.3 Å². The molecule has 1 spiro atoms. The van der Waals surface area contributed by atoms with E-state index in [9.17, 15) is 9.59 Å². The van der Waals surface area contributed by atoms with Crippen LogP contribution in [-0.2, 0) is 33.2 Å². The first-order valence-corrected chi connectivity index (χ1v) is 15.7. The number of hydrogen-bond acceptors (Lipinski definition) is 9. The molecule has 0 amide bonds. The fourth-order valence-corrected chi connectivity index (χ4v) is 12.5. The van der Waals surface area contributed by atoms with Crippen molar-refractivity contribution in [1.29, 1.82) is 0 Å². The first kappa shape index (κ1) is 27.5. The largest absolute Gasteiger partial charge is 0.458 e. The van der Waals surface area contributed by atoms with E-state index in [4.69, 9.17) is 28.4 Å². The molecule has 1 unspecified atom stereocenters. The maximum absolute atomic E-state index is 13.6. The number of carbonyl (C=O) groups is 2. The molecule has 228 valence electrons. The molecule has 9 rings (SSSR count). The van der Waals surface area contributed by atoms with Gasteiger partial charge in [-0.2, -0.15) is 0 Å². The molecule has 3 heterocycles. The number of fused-ring (bicyclic) bond motifs is 1. The smallest absolute Gasteiger partial charge is 0.338 e. The van der Waals surface area contributed by atoms with Crippen molar-refractivity contribution in [2.24, 2.45) is 40.4 Å². The van der Waals surface area contributed by atoms with E-state index in [1.807, 2.05) is 25.3 Å². The van der Waals surface area contributed by atoms with E-state index in [-0.39, 0.29) is 82.9 Å². The van der Waals surface area contributed by atoms with E-state index >= 15 is 0 Å². The van der Waals surface area contributed by atoms with Gasteiger partial charge in [-0.3, -0.25) is 9.69 Å². The fraction of sp³-hybridized carbons (Fsp3) is 0.758. The maximum atomic E-state index is 13.6. The van der Waals surface area contributed by atoms with Crippen LogP contribution < -0.4 is 0 Å². The molecule has 8 aliphatic rings. The van der Waals surface area contributed by atoms with Crippen LogP contribution in [0.25, 0.3) is 0 Å². The molecule has 0 radical (unpaired) electrons. The first-order chi connectivity index (χ1) is 20.3. The van der Waals surface area contributed by atoms with Crippen molar-refractivity contribution in [1.82, 2.24) is 4.90 Å². The summed E-state index contributed by atoms with van der Waals surface area (Å²) in [5, 5.41) is 0. The Morgan fingerprint density at radius 1 is 1.10 bits per heavy atom. The number of methoxy groups -OCH3 is 3. The number of rotatable bonds is 8. The third kappa shape index (κ3) is 2.98. The zero-order valence-electron chi connectivity index (χ0n) is 25.2. The maximum Gasteiger partial charge on any atom is 0.338 e. The monoisotopic (exact) mass is 581 g/mol. The van der Waals surface area contributed by atoms with E-state index < -0.39 is 11.7 Å². The molecule has 1 aromatic rings. The number of esters is 2. The summed E-state index contributed by atoms with van der Waals surface area (Å²) in [4.78, 5) is 29.3. The third-order valence-corrected chi connectivity index (χ3v) is 13.0.